The molecule has 0 bridgehead atoms. The van der Waals surface area contributed by atoms with Crippen molar-refractivity contribution in [3.8, 4) is 6.07 Å². The van der Waals surface area contributed by atoms with Gasteiger partial charge in [-0.1, -0.05) is 15.9 Å². The minimum absolute atomic E-state index is 0.122. The molecule has 16 heavy (non-hydrogen) atoms. The Labute approximate surface area is 102 Å². The number of amides is 1. The summed E-state index contributed by atoms with van der Waals surface area (Å²) in [6.45, 7) is 0.452. The van der Waals surface area contributed by atoms with Gasteiger partial charge in [0, 0.05) is 10.0 Å². The van der Waals surface area contributed by atoms with Crippen molar-refractivity contribution in [1.29, 1.82) is 5.26 Å². The molecule has 1 aromatic rings. The second kappa shape index (κ2) is 6.99. The van der Waals surface area contributed by atoms with Gasteiger partial charge in [0.2, 0.25) is 0 Å². The number of ether oxygens (including phenoxy) is 1. The molecule has 0 aromatic heterocycles. The molecule has 84 valence electrons. The second-order valence-electron chi connectivity index (χ2n) is 2.97. The molecule has 1 aromatic carbocycles. The van der Waals surface area contributed by atoms with E-state index in [1.165, 1.54) is 0 Å². The smallest absolute Gasteiger partial charge is 0.253 e. The molecule has 0 aliphatic heterocycles. The van der Waals surface area contributed by atoms with E-state index in [1.807, 2.05) is 6.07 Å². The molecule has 1 amide bonds. The van der Waals surface area contributed by atoms with Crippen LogP contribution in [0.1, 0.15) is 16.8 Å². The minimum atomic E-state index is -0.190. The third-order valence-electron chi connectivity index (χ3n) is 1.80. The van der Waals surface area contributed by atoms with Crippen LogP contribution in [-0.4, -0.2) is 19.2 Å². The summed E-state index contributed by atoms with van der Waals surface area (Å²) < 4.78 is 5.95. The highest BCUT2D eigenvalue weighted by Crippen LogP contribution is 2.10. The molecule has 0 aliphatic carbocycles. The van der Waals surface area contributed by atoms with Gasteiger partial charge in [0.15, 0.2) is 0 Å². The van der Waals surface area contributed by atoms with Crippen LogP contribution in [0.3, 0.4) is 0 Å². The van der Waals surface area contributed by atoms with Gasteiger partial charge < -0.3 is 10.1 Å². The predicted octanol–water partition coefficient (Wildman–Crippen LogP) is 2.07. The highest BCUT2D eigenvalue weighted by Gasteiger charge is 2.03. The fourth-order valence-electron chi connectivity index (χ4n) is 1.01. The average molecular weight is 283 g/mol. The monoisotopic (exact) mass is 282 g/mol. The standard InChI is InChI=1S/C11H11BrN2O2/c12-10-4-2-9(3-5-10)11(15)14-8-16-7-1-6-13/h2-5H,1,7-8H2,(H,14,15). The van der Waals surface area contributed by atoms with Crippen LogP contribution in [-0.2, 0) is 4.74 Å². The van der Waals surface area contributed by atoms with Crippen molar-refractivity contribution in [2.24, 2.45) is 0 Å². The molecule has 0 saturated carbocycles. The summed E-state index contributed by atoms with van der Waals surface area (Å²) in [4.78, 5) is 11.5. The first-order valence-electron chi connectivity index (χ1n) is 4.72. The number of nitriles is 1. The molecular formula is C11H11BrN2O2. The fourth-order valence-corrected chi connectivity index (χ4v) is 1.27. The number of hydrogen-bond donors (Lipinski definition) is 1. The third kappa shape index (κ3) is 4.43. The lowest BCUT2D eigenvalue weighted by atomic mass is 10.2. The molecular weight excluding hydrogens is 272 g/mol. The summed E-state index contributed by atoms with van der Waals surface area (Å²) in [6, 6.07) is 8.98. The zero-order chi connectivity index (χ0) is 11.8. The van der Waals surface area contributed by atoms with Gasteiger partial charge in [-0.25, -0.2) is 0 Å². The predicted molar refractivity (Wildman–Crippen MR) is 62.7 cm³/mol. The van der Waals surface area contributed by atoms with Crippen molar-refractivity contribution >= 4 is 21.8 Å². The van der Waals surface area contributed by atoms with Crippen LogP contribution in [0.2, 0.25) is 0 Å². The maximum Gasteiger partial charge on any atom is 0.253 e. The van der Waals surface area contributed by atoms with Crippen molar-refractivity contribution in [3.05, 3.63) is 34.3 Å². The summed E-state index contributed by atoms with van der Waals surface area (Å²) in [7, 11) is 0. The number of carbonyl (C=O) groups is 1. The number of hydrogen-bond acceptors (Lipinski definition) is 3. The summed E-state index contributed by atoms with van der Waals surface area (Å²) >= 11 is 3.29. The van der Waals surface area contributed by atoms with Gasteiger partial charge in [0.25, 0.3) is 5.91 Å². The molecule has 0 saturated heterocycles. The fraction of sp³-hybridized carbons (Fsp3) is 0.273. The van der Waals surface area contributed by atoms with Crippen molar-refractivity contribution in [3.63, 3.8) is 0 Å². The Morgan fingerprint density at radius 2 is 2.12 bits per heavy atom. The van der Waals surface area contributed by atoms with Gasteiger partial charge in [-0.3, -0.25) is 4.79 Å². The van der Waals surface area contributed by atoms with Crippen molar-refractivity contribution in [1.82, 2.24) is 5.32 Å². The van der Waals surface area contributed by atoms with Crippen LogP contribution in [0.4, 0.5) is 0 Å². The van der Waals surface area contributed by atoms with E-state index in [1.54, 1.807) is 24.3 Å². The summed E-state index contributed by atoms with van der Waals surface area (Å²) in [5.74, 6) is -0.190. The minimum Gasteiger partial charge on any atom is -0.360 e. The lowest BCUT2D eigenvalue weighted by Crippen LogP contribution is -2.26. The molecule has 0 heterocycles. The van der Waals surface area contributed by atoms with Crippen molar-refractivity contribution in [2.45, 2.75) is 6.42 Å². The van der Waals surface area contributed by atoms with E-state index in [-0.39, 0.29) is 12.6 Å². The van der Waals surface area contributed by atoms with Crippen LogP contribution in [0.25, 0.3) is 0 Å². The molecule has 4 nitrogen and oxygen atoms in total. The molecule has 0 spiro atoms. The van der Waals surface area contributed by atoms with Crippen LogP contribution in [0.15, 0.2) is 28.7 Å². The quantitative estimate of drug-likeness (QED) is 0.664. The average Bonchev–Trinajstić information content (AvgIpc) is 2.29. The summed E-state index contributed by atoms with van der Waals surface area (Å²) in [5.41, 5.74) is 0.576. The van der Waals surface area contributed by atoms with Crippen LogP contribution in [0.5, 0.6) is 0 Å². The van der Waals surface area contributed by atoms with Gasteiger partial charge in [0.1, 0.15) is 6.73 Å². The lowest BCUT2D eigenvalue weighted by Gasteiger charge is -2.05. The Bertz CT molecular complexity index is 384. The summed E-state index contributed by atoms with van der Waals surface area (Å²) in [5, 5.41) is 10.8. The maximum atomic E-state index is 11.5. The van der Waals surface area contributed by atoms with Gasteiger partial charge >= 0.3 is 0 Å². The Kier molecular flexibility index (Phi) is 5.54. The normalized spacial score (nSPS) is 9.50. The highest BCUT2D eigenvalue weighted by atomic mass is 79.9. The van der Waals surface area contributed by atoms with Crippen LogP contribution in [0, 0.1) is 11.3 Å². The van der Waals surface area contributed by atoms with Crippen LogP contribution < -0.4 is 5.32 Å². The first-order chi connectivity index (χ1) is 7.74. The molecule has 1 rings (SSSR count). The number of carbonyl (C=O) groups excluding carboxylic acids is 1. The molecule has 0 aliphatic rings. The molecule has 0 fully saturated rings. The molecule has 0 unspecified atom stereocenters. The maximum absolute atomic E-state index is 11.5. The van der Waals surface area contributed by atoms with E-state index >= 15 is 0 Å². The van der Waals surface area contributed by atoms with E-state index in [9.17, 15) is 4.79 Å². The molecule has 1 N–H and O–H groups in total. The highest BCUT2D eigenvalue weighted by molar-refractivity contribution is 9.10. The molecule has 5 heteroatoms. The summed E-state index contributed by atoms with van der Waals surface area (Å²) in [6.07, 6.45) is 0.328. The van der Waals surface area contributed by atoms with E-state index in [2.05, 4.69) is 21.2 Å². The number of benzene rings is 1. The first kappa shape index (κ1) is 12.7. The van der Waals surface area contributed by atoms with Gasteiger partial charge in [-0.15, -0.1) is 0 Å². The molecule has 0 atom stereocenters. The Hall–Kier alpha value is -1.38. The zero-order valence-electron chi connectivity index (χ0n) is 8.57. The largest absolute Gasteiger partial charge is 0.360 e. The van der Waals surface area contributed by atoms with Crippen LogP contribution >= 0.6 is 15.9 Å². The topological polar surface area (TPSA) is 62.1 Å². The number of nitrogens with one attached hydrogen (secondary N) is 1. The zero-order valence-corrected chi connectivity index (χ0v) is 10.2. The Morgan fingerprint density at radius 3 is 2.75 bits per heavy atom. The third-order valence-corrected chi connectivity index (χ3v) is 2.33. The van der Waals surface area contributed by atoms with Crippen molar-refractivity contribution in [2.75, 3.05) is 13.3 Å². The number of nitrogens with zero attached hydrogens (tertiary/aromatic N) is 1. The Morgan fingerprint density at radius 1 is 1.44 bits per heavy atom. The van der Waals surface area contributed by atoms with Gasteiger partial charge in [-0.05, 0) is 24.3 Å². The van der Waals surface area contributed by atoms with Crippen molar-refractivity contribution < 1.29 is 9.53 Å². The van der Waals surface area contributed by atoms with E-state index in [0.717, 1.165) is 4.47 Å². The van der Waals surface area contributed by atoms with Gasteiger partial charge in [-0.2, -0.15) is 5.26 Å². The van der Waals surface area contributed by atoms with E-state index in [0.29, 0.717) is 18.6 Å². The number of halogens is 1. The molecule has 0 radical (unpaired) electrons. The van der Waals surface area contributed by atoms with E-state index < -0.39 is 0 Å². The lowest BCUT2D eigenvalue weighted by molar-refractivity contribution is 0.0803. The SMILES string of the molecule is N#CCCOCNC(=O)c1ccc(Br)cc1. The number of rotatable bonds is 5. The first-order valence-corrected chi connectivity index (χ1v) is 5.52. The van der Waals surface area contributed by atoms with E-state index in [4.69, 9.17) is 10.00 Å². The second-order valence-corrected chi connectivity index (χ2v) is 3.89. The van der Waals surface area contributed by atoms with Gasteiger partial charge in [0.05, 0.1) is 19.1 Å². The Balaban J connectivity index is 2.30.